The second kappa shape index (κ2) is 4.95. The third-order valence-corrected chi connectivity index (χ3v) is 3.80. The Labute approximate surface area is 131 Å². The standard InChI is InChI=1S/C17H14N4O2/c1-9-7-13(15-10(2)21-23-17(15)19-9)16(22)20-12-3-4-14-11(8-12)5-6-18-14/h3-8,18H,1-2H3,(H,20,22). The Morgan fingerprint density at radius 2 is 2.09 bits per heavy atom. The average molecular weight is 306 g/mol. The number of nitrogens with zero attached hydrogens (tertiary/aromatic N) is 2. The van der Waals surface area contributed by atoms with Crippen LogP contribution >= 0.6 is 0 Å². The third-order valence-electron chi connectivity index (χ3n) is 3.80. The van der Waals surface area contributed by atoms with E-state index in [1.54, 1.807) is 13.0 Å². The number of benzene rings is 1. The Kier molecular flexibility index (Phi) is 2.90. The van der Waals surface area contributed by atoms with E-state index in [0.717, 1.165) is 16.6 Å². The number of aromatic nitrogens is 3. The van der Waals surface area contributed by atoms with Gasteiger partial charge in [0, 0.05) is 28.5 Å². The minimum absolute atomic E-state index is 0.207. The first kappa shape index (κ1) is 13.5. The summed E-state index contributed by atoms with van der Waals surface area (Å²) in [5.41, 5.74) is 4.02. The van der Waals surface area contributed by atoms with Crippen molar-refractivity contribution in [2.24, 2.45) is 0 Å². The molecule has 6 nitrogen and oxygen atoms in total. The monoisotopic (exact) mass is 306 g/mol. The maximum atomic E-state index is 12.7. The van der Waals surface area contributed by atoms with Crippen LogP contribution in [0.4, 0.5) is 5.69 Å². The van der Waals surface area contributed by atoms with Crippen molar-refractivity contribution >= 4 is 33.6 Å². The molecule has 114 valence electrons. The number of amides is 1. The normalized spacial score (nSPS) is 11.2. The number of aryl methyl sites for hydroxylation is 2. The summed E-state index contributed by atoms with van der Waals surface area (Å²) in [5, 5.41) is 8.52. The van der Waals surface area contributed by atoms with Crippen LogP contribution in [0.15, 0.2) is 41.1 Å². The van der Waals surface area contributed by atoms with E-state index in [1.165, 1.54) is 0 Å². The number of pyridine rings is 1. The average Bonchev–Trinajstić information content (AvgIpc) is 3.13. The number of aromatic amines is 1. The maximum Gasteiger partial charge on any atom is 0.258 e. The predicted molar refractivity (Wildman–Crippen MR) is 87.5 cm³/mol. The maximum absolute atomic E-state index is 12.7. The van der Waals surface area contributed by atoms with Gasteiger partial charge in [0.2, 0.25) is 0 Å². The molecule has 0 saturated carbocycles. The summed E-state index contributed by atoms with van der Waals surface area (Å²) in [6.07, 6.45) is 1.87. The van der Waals surface area contributed by atoms with Gasteiger partial charge in [-0.1, -0.05) is 5.16 Å². The van der Waals surface area contributed by atoms with E-state index in [0.29, 0.717) is 28.1 Å². The number of hydrogen-bond acceptors (Lipinski definition) is 4. The van der Waals surface area contributed by atoms with Gasteiger partial charge in [-0.15, -0.1) is 0 Å². The largest absolute Gasteiger partial charge is 0.361 e. The molecule has 23 heavy (non-hydrogen) atoms. The quantitative estimate of drug-likeness (QED) is 0.593. The number of H-pyrrole nitrogens is 1. The minimum atomic E-state index is -0.207. The van der Waals surface area contributed by atoms with Gasteiger partial charge in [0.15, 0.2) is 0 Å². The summed E-state index contributed by atoms with van der Waals surface area (Å²) < 4.78 is 5.17. The van der Waals surface area contributed by atoms with Crippen LogP contribution < -0.4 is 5.32 Å². The highest BCUT2D eigenvalue weighted by Gasteiger charge is 2.18. The fourth-order valence-corrected chi connectivity index (χ4v) is 2.73. The minimum Gasteiger partial charge on any atom is -0.361 e. The highest BCUT2D eigenvalue weighted by atomic mass is 16.5. The molecule has 2 N–H and O–H groups in total. The van der Waals surface area contributed by atoms with Crippen molar-refractivity contribution in [3.05, 3.63) is 53.5 Å². The smallest absolute Gasteiger partial charge is 0.258 e. The Bertz CT molecular complexity index is 1050. The van der Waals surface area contributed by atoms with Gasteiger partial charge in [0.05, 0.1) is 16.6 Å². The third kappa shape index (κ3) is 2.24. The van der Waals surface area contributed by atoms with Gasteiger partial charge in [-0.3, -0.25) is 4.79 Å². The van der Waals surface area contributed by atoms with Gasteiger partial charge in [0.1, 0.15) is 0 Å². The van der Waals surface area contributed by atoms with Crippen molar-refractivity contribution in [2.75, 3.05) is 5.32 Å². The highest BCUT2D eigenvalue weighted by Crippen LogP contribution is 2.24. The first-order valence-corrected chi connectivity index (χ1v) is 7.24. The molecule has 0 spiro atoms. The first-order chi connectivity index (χ1) is 11.1. The van der Waals surface area contributed by atoms with Crippen LogP contribution in [0, 0.1) is 13.8 Å². The lowest BCUT2D eigenvalue weighted by Gasteiger charge is -2.07. The van der Waals surface area contributed by atoms with Crippen molar-refractivity contribution in [2.45, 2.75) is 13.8 Å². The van der Waals surface area contributed by atoms with E-state index in [1.807, 2.05) is 37.4 Å². The van der Waals surface area contributed by atoms with Crippen molar-refractivity contribution in [3.8, 4) is 0 Å². The molecule has 0 radical (unpaired) electrons. The Morgan fingerprint density at radius 1 is 1.22 bits per heavy atom. The molecule has 4 rings (SSSR count). The van der Waals surface area contributed by atoms with E-state index >= 15 is 0 Å². The van der Waals surface area contributed by atoms with Crippen LogP contribution in [0.1, 0.15) is 21.7 Å². The Morgan fingerprint density at radius 3 is 2.96 bits per heavy atom. The number of nitrogens with one attached hydrogen (secondary N) is 2. The SMILES string of the molecule is Cc1cc(C(=O)Nc2ccc3[nH]ccc3c2)c2c(C)noc2n1. The number of anilines is 1. The summed E-state index contributed by atoms with van der Waals surface area (Å²) >= 11 is 0. The van der Waals surface area contributed by atoms with E-state index in [-0.39, 0.29) is 5.91 Å². The van der Waals surface area contributed by atoms with E-state index in [9.17, 15) is 4.79 Å². The number of carbonyl (C=O) groups is 1. The Balaban J connectivity index is 1.75. The van der Waals surface area contributed by atoms with Crippen LogP contribution in [0.5, 0.6) is 0 Å². The predicted octanol–water partition coefficient (Wildman–Crippen LogP) is 3.57. The number of rotatable bonds is 2. The van der Waals surface area contributed by atoms with Crippen LogP contribution in [0.25, 0.3) is 22.0 Å². The summed E-state index contributed by atoms with van der Waals surface area (Å²) in [5.74, 6) is -0.207. The van der Waals surface area contributed by atoms with Gasteiger partial charge >= 0.3 is 0 Å². The molecule has 0 aliphatic rings. The molecule has 1 amide bonds. The zero-order valence-electron chi connectivity index (χ0n) is 12.7. The summed E-state index contributed by atoms with van der Waals surface area (Å²) in [6.45, 7) is 3.62. The molecule has 0 unspecified atom stereocenters. The molecular formula is C17H14N4O2. The molecular weight excluding hydrogens is 292 g/mol. The van der Waals surface area contributed by atoms with Crippen LogP contribution in [0.3, 0.4) is 0 Å². The molecule has 0 aliphatic heterocycles. The lowest BCUT2D eigenvalue weighted by Crippen LogP contribution is -2.13. The Hall–Kier alpha value is -3.15. The van der Waals surface area contributed by atoms with Gasteiger partial charge in [0.25, 0.3) is 11.6 Å². The van der Waals surface area contributed by atoms with Crippen LogP contribution in [-0.4, -0.2) is 21.0 Å². The zero-order chi connectivity index (χ0) is 16.0. The zero-order valence-corrected chi connectivity index (χ0v) is 12.7. The number of fused-ring (bicyclic) bond motifs is 2. The highest BCUT2D eigenvalue weighted by molar-refractivity contribution is 6.12. The molecule has 1 aromatic carbocycles. The summed E-state index contributed by atoms with van der Waals surface area (Å²) in [6, 6.07) is 9.43. The topological polar surface area (TPSA) is 83.8 Å². The second-order valence-electron chi connectivity index (χ2n) is 5.49. The summed E-state index contributed by atoms with van der Waals surface area (Å²) in [4.78, 5) is 20.1. The van der Waals surface area contributed by atoms with E-state index < -0.39 is 0 Å². The molecule has 0 bridgehead atoms. The number of hydrogen-bond donors (Lipinski definition) is 2. The van der Waals surface area contributed by atoms with Gasteiger partial charge < -0.3 is 14.8 Å². The fourth-order valence-electron chi connectivity index (χ4n) is 2.73. The molecule has 3 heterocycles. The lowest BCUT2D eigenvalue weighted by atomic mass is 10.1. The fraction of sp³-hybridized carbons (Fsp3) is 0.118. The van der Waals surface area contributed by atoms with Crippen molar-refractivity contribution in [1.29, 1.82) is 0 Å². The van der Waals surface area contributed by atoms with E-state index in [4.69, 9.17) is 4.52 Å². The van der Waals surface area contributed by atoms with Crippen molar-refractivity contribution in [3.63, 3.8) is 0 Å². The second-order valence-corrected chi connectivity index (χ2v) is 5.49. The van der Waals surface area contributed by atoms with Gasteiger partial charge in [-0.05, 0) is 44.2 Å². The molecule has 0 atom stereocenters. The van der Waals surface area contributed by atoms with Crippen molar-refractivity contribution < 1.29 is 9.32 Å². The van der Waals surface area contributed by atoms with Crippen molar-refractivity contribution in [1.82, 2.24) is 15.1 Å². The molecule has 0 fully saturated rings. The molecule has 6 heteroatoms. The molecule has 3 aromatic heterocycles. The first-order valence-electron chi connectivity index (χ1n) is 7.24. The van der Waals surface area contributed by atoms with Gasteiger partial charge in [-0.25, -0.2) is 4.98 Å². The summed E-state index contributed by atoms with van der Waals surface area (Å²) in [7, 11) is 0. The van der Waals surface area contributed by atoms with Crippen LogP contribution in [0.2, 0.25) is 0 Å². The lowest BCUT2D eigenvalue weighted by molar-refractivity contribution is 0.102. The molecule has 4 aromatic rings. The van der Waals surface area contributed by atoms with E-state index in [2.05, 4.69) is 20.4 Å². The molecule has 0 saturated heterocycles. The van der Waals surface area contributed by atoms with Crippen LogP contribution in [-0.2, 0) is 0 Å². The van der Waals surface area contributed by atoms with Gasteiger partial charge in [-0.2, -0.15) is 0 Å². The molecule has 0 aliphatic carbocycles. The number of carbonyl (C=O) groups excluding carboxylic acids is 1.